The molecule has 2 saturated heterocycles. The minimum absolute atomic E-state index is 0.00341. The summed E-state index contributed by atoms with van der Waals surface area (Å²) in [6, 6.07) is 7.89. The quantitative estimate of drug-likeness (QED) is 0.589. The SMILES string of the molecule is CC(NC(=O)C1(c2cccc(OCC3CCOCC3)c2)CCOCC1)C1C=CC=C(C=O)C=C1. The Kier molecular flexibility index (Phi) is 8.35. The number of hydrogen-bond donors (Lipinski definition) is 1. The van der Waals surface area contributed by atoms with E-state index in [-0.39, 0.29) is 17.9 Å². The van der Waals surface area contributed by atoms with Gasteiger partial charge in [-0.25, -0.2) is 0 Å². The summed E-state index contributed by atoms with van der Waals surface area (Å²) in [7, 11) is 0. The summed E-state index contributed by atoms with van der Waals surface area (Å²) in [5, 5.41) is 3.26. The lowest BCUT2D eigenvalue weighted by molar-refractivity contribution is -0.131. The lowest BCUT2D eigenvalue weighted by atomic mass is 9.73. The number of nitrogens with one attached hydrogen (secondary N) is 1. The summed E-state index contributed by atoms with van der Waals surface area (Å²) in [6.45, 7) is 5.36. The van der Waals surface area contributed by atoms with Crippen molar-refractivity contribution in [2.24, 2.45) is 11.8 Å². The molecule has 34 heavy (non-hydrogen) atoms. The second-order valence-corrected chi connectivity index (χ2v) is 9.46. The van der Waals surface area contributed by atoms with Crippen molar-refractivity contribution in [2.75, 3.05) is 33.0 Å². The highest BCUT2D eigenvalue weighted by atomic mass is 16.5. The second kappa shape index (κ2) is 11.6. The van der Waals surface area contributed by atoms with Crippen LogP contribution in [-0.4, -0.2) is 51.3 Å². The van der Waals surface area contributed by atoms with Gasteiger partial charge in [0.2, 0.25) is 5.91 Å². The van der Waals surface area contributed by atoms with Gasteiger partial charge < -0.3 is 19.5 Å². The van der Waals surface area contributed by atoms with Crippen molar-refractivity contribution in [3.63, 3.8) is 0 Å². The van der Waals surface area contributed by atoms with Gasteiger partial charge in [0.1, 0.15) is 12.0 Å². The maximum atomic E-state index is 13.8. The van der Waals surface area contributed by atoms with Gasteiger partial charge in [-0.3, -0.25) is 9.59 Å². The molecule has 0 radical (unpaired) electrons. The Balaban J connectivity index is 1.48. The summed E-state index contributed by atoms with van der Waals surface area (Å²) in [6.07, 6.45) is 13.6. The molecule has 4 rings (SSSR count). The van der Waals surface area contributed by atoms with Gasteiger partial charge in [-0.15, -0.1) is 0 Å². The van der Waals surface area contributed by atoms with Crippen molar-refractivity contribution in [1.82, 2.24) is 5.32 Å². The molecule has 3 aliphatic rings. The van der Waals surface area contributed by atoms with Gasteiger partial charge in [0.25, 0.3) is 0 Å². The van der Waals surface area contributed by atoms with E-state index in [1.165, 1.54) is 0 Å². The first-order valence-electron chi connectivity index (χ1n) is 12.3. The third-order valence-corrected chi connectivity index (χ3v) is 7.20. The van der Waals surface area contributed by atoms with Crippen LogP contribution in [0.1, 0.15) is 38.2 Å². The molecule has 6 nitrogen and oxygen atoms in total. The maximum Gasteiger partial charge on any atom is 0.231 e. The van der Waals surface area contributed by atoms with Crippen LogP contribution in [0.15, 0.2) is 60.2 Å². The van der Waals surface area contributed by atoms with Crippen LogP contribution in [-0.2, 0) is 24.5 Å². The van der Waals surface area contributed by atoms with E-state index in [0.29, 0.717) is 44.2 Å². The summed E-state index contributed by atoms with van der Waals surface area (Å²) in [5.74, 6) is 1.33. The van der Waals surface area contributed by atoms with E-state index >= 15 is 0 Å². The Morgan fingerprint density at radius 2 is 1.94 bits per heavy atom. The van der Waals surface area contributed by atoms with Crippen molar-refractivity contribution in [2.45, 2.75) is 44.1 Å². The molecule has 1 aliphatic carbocycles. The molecule has 2 aliphatic heterocycles. The average molecular weight is 466 g/mol. The predicted molar refractivity (Wildman–Crippen MR) is 131 cm³/mol. The van der Waals surface area contributed by atoms with Gasteiger partial charge in [0, 0.05) is 44.0 Å². The highest BCUT2D eigenvalue weighted by Gasteiger charge is 2.42. The fourth-order valence-electron chi connectivity index (χ4n) is 4.87. The third-order valence-electron chi connectivity index (χ3n) is 7.20. The molecule has 1 amide bonds. The monoisotopic (exact) mass is 465 g/mol. The van der Waals surface area contributed by atoms with E-state index in [4.69, 9.17) is 14.2 Å². The standard InChI is InChI=1S/C28H35NO5/c1-21(24-5-2-4-22(19-30)8-9-24)29-27(31)28(12-16-33-17-13-28)25-6-3-7-26(18-25)34-20-23-10-14-32-15-11-23/h2-9,18-19,21,23-24H,10-17,20H2,1H3,(H,29,31). The number of amides is 1. The molecule has 182 valence electrons. The third kappa shape index (κ3) is 5.86. The predicted octanol–water partition coefficient (Wildman–Crippen LogP) is 3.91. The van der Waals surface area contributed by atoms with E-state index in [2.05, 4.69) is 5.32 Å². The van der Waals surface area contributed by atoms with Crippen LogP contribution in [0.3, 0.4) is 0 Å². The average Bonchev–Trinajstić information content (AvgIpc) is 3.14. The number of hydrogen-bond acceptors (Lipinski definition) is 5. The van der Waals surface area contributed by atoms with Crippen LogP contribution in [0.5, 0.6) is 5.75 Å². The number of ether oxygens (including phenoxy) is 3. The van der Waals surface area contributed by atoms with E-state index in [0.717, 1.165) is 43.7 Å². The zero-order chi connectivity index (χ0) is 23.8. The maximum absolute atomic E-state index is 13.8. The second-order valence-electron chi connectivity index (χ2n) is 9.46. The summed E-state index contributed by atoms with van der Waals surface area (Å²) >= 11 is 0. The van der Waals surface area contributed by atoms with Gasteiger partial charge in [0.15, 0.2) is 0 Å². The number of rotatable bonds is 8. The fourth-order valence-corrected chi connectivity index (χ4v) is 4.87. The molecule has 1 aromatic carbocycles. The molecule has 0 saturated carbocycles. The number of carbonyl (C=O) groups excluding carboxylic acids is 2. The molecule has 2 atom stereocenters. The van der Waals surface area contributed by atoms with Crippen molar-refractivity contribution >= 4 is 12.2 Å². The highest BCUT2D eigenvalue weighted by Crippen LogP contribution is 2.37. The van der Waals surface area contributed by atoms with Gasteiger partial charge in [-0.2, -0.15) is 0 Å². The van der Waals surface area contributed by atoms with Gasteiger partial charge in [-0.1, -0.05) is 42.5 Å². The first kappa shape index (κ1) is 24.4. The molecule has 0 bridgehead atoms. The summed E-state index contributed by atoms with van der Waals surface area (Å²) < 4.78 is 17.2. The lowest BCUT2D eigenvalue weighted by Gasteiger charge is -2.38. The highest BCUT2D eigenvalue weighted by molar-refractivity contribution is 5.89. The number of allylic oxidation sites excluding steroid dienone is 4. The first-order valence-corrected chi connectivity index (χ1v) is 12.3. The van der Waals surface area contributed by atoms with E-state index in [1.54, 1.807) is 6.08 Å². The fraction of sp³-hybridized carbons (Fsp3) is 0.500. The van der Waals surface area contributed by atoms with Gasteiger partial charge >= 0.3 is 0 Å². The first-order chi connectivity index (χ1) is 16.6. The zero-order valence-corrected chi connectivity index (χ0v) is 19.9. The number of benzene rings is 1. The van der Waals surface area contributed by atoms with E-state index < -0.39 is 5.41 Å². The molecule has 2 fully saturated rings. The van der Waals surface area contributed by atoms with Crippen LogP contribution in [0, 0.1) is 11.8 Å². The van der Waals surface area contributed by atoms with Crippen LogP contribution in [0.2, 0.25) is 0 Å². The van der Waals surface area contributed by atoms with Crippen LogP contribution >= 0.6 is 0 Å². The van der Waals surface area contributed by atoms with Crippen molar-refractivity contribution in [3.8, 4) is 5.75 Å². The van der Waals surface area contributed by atoms with Crippen molar-refractivity contribution in [1.29, 1.82) is 0 Å². The van der Waals surface area contributed by atoms with E-state index in [1.807, 2.05) is 55.5 Å². The van der Waals surface area contributed by atoms with Crippen molar-refractivity contribution in [3.05, 3.63) is 65.8 Å². The topological polar surface area (TPSA) is 73.9 Å². The summed E-state index contributed by atoms with van der Waals surface area (Å²) in [5.41, 5.74) is 0.937. The molecule has 6 heteroatoms. The van der Waals surface area contributed by atoms with E-state index in [9.17, 15) is 9.59 Å². The molecule has 0 aromatic heterocycles. The molecule has 1 N–H and O–H groups in total. The Morgan fingerprint density at radius 3 is 2.71 bits per heavy atom. The normalized spacial score (nSPS) is 23.4. The molecule has 1 aromatic rings. The Hall–Kier alpha value is -2.70. The molecule has 0 spiro atoms. The Labute approximate surface area is 202 Å². The molecular weight excluding hydrogens is 430 g/mol. The Bertz CT molecular complexity index is 938. The molecular formula is C28H35NO5. The summed E-state index contributed by atoms with van der Waals surface area (Å²) in [4.78, 5) is 24.8. The van der Waals surface area contributed by atoms with Crippen LogP contribution in [0.4, 0.5) is 0 Å². The van der Waals surface area contributed by atoms with Gasteiger partial charge in [-0.05, 0) is 56.2 Å². The molecule has 2 heterocycles. The minimum Gasteiger partial charge on any atom is -0.493 e. The largest absolute Gasteiger partial charge is 0.493 e. The number of carbonyl (C=O) groups is 2. The molecule has 2 unspecified atom stereocenters. The zero-order valence-electron chi connectivity index (χ0n) is 19.9. The minimum atomic E-state index is -0.658. The van der Waals surface area contributed by atoms with Gasteiger partial charge in [0.05, 0.1) is 12.0 Å². The smallest absolute Gasteiger partial charge is 0.231 e. The lowest BCUT2D eigenvalue weighted by Crippen LogP contribution is -2.51. The van der Waals surface area contributed by atoms with Crippen molar-refractivity contribution < 1.29 is 23.8 Å². The van der Waals surface area contributed by atoms with Crippen LogP contribution in [0.25, 0.3) is 0 Å². The Morgan fingerprint density at radius 1 is 1.18 bits per heavy atom. The number of aldehydes is 1. The van der Waals surface area contributed by atoms with Crippen LogP contribution < -0.4 is 10.1 Å².